The first-order valence-electron chi connectivity index (χ1n) is 9.50. The van der Waals surface area contributed by atoms with Gasteiger partial charge in [0.05, 0.1) is 0 Å². The van der Waals surface area contributed by atoms with Gasteiger partial charge in [0.1, 0.15) is 29.8 Å². The lowest BCUT2D eigenvalue weighted by Gasteiger charge is -2.30. The molecule has 3 rings (SSSR count). The van der Waals surface area contributed by atoms with Crippen LogP contribution in [0.4, 0.5) is 4.39 Å². The average Bonchev–Trinajstić information content (AvgIpc) is 2.72. The highest BCUT2D eigenvalue weighted by Gasteiger charge is 2.36. The lowest BCUT2D eigenvalue weighted by atomic mass is 9.93. The topological polar surface area (TPSA) is 70.4 Å². The van der Waals surface area contributed by atoms with E-state index in [0.29, 0.717) is 23.5 Å². The Bertz CT molecular complexity index is 1070. The maximum absolute atomic E-state index is 13.0. The number of halogens is 1. The molecule has 2 aromatic rings. The number of benzene rings is 2. The minimum Gasteiger partial charge on any atom is -0.489 e. The molecule has 0 saturated heterocycles. The molecule has 0 saturated carbocycles. The lowest BCUT2D eigenvalue weighted by molar-refractivity contribution is -0.142. The van der Waals surface area contributed by atoms with E-state index >= 15 is 0 Å². The number of nitriles is 1. The number of carbonyl (C=O) groups is 2. The van der Waals surface area contributed by atoms with E-state index in [1.807, 2.05) is 6.07 Å². The first-order valence-corrected chi connectivity index (χ1v) is 9.50. The highest BCUT2D eigenvalue weighted by atomic mass is 19.1. The molecule has 0 aliphatic carbocycles. The third-order valence-electron chi connectivity index (χ3n) is 4.80. The van der Waals surface area contributed by atoms with Crippen molar-refractivity contribution in [1.29, 1.82) is 5.26 Å². The molecule has 1 aliphatic heterocycles. The van der Waals surface area contributed by atoms with Crippen molar-refractivity contribution in [3.05, 3.63) is 82.2 Å². The first-order chi connectivity index (χ1) is 14.3. The SMILES string of the molecule is CC1=C(C#N)C(=O)N(C(C)C)C(=O)/C1=C/c1ccc(OCc2ccc(F)cc2)cc1. The molecule has 0 radical (unpaired) electrons. The minimum absolute atomic E-state index is 0.0196. The predicted molar refractivity (Wildman–Crippen MR) is 110 cm³/mol. The molecule has 0 atom stereocenters. The van der Waals surface area contributed by atoms with Crippen LogP contribution >= 0.6 is 0 Å². The molecule has 0 aromatic heterocycles. The number of amides is 2. The van der Waals surface area contributed by atoms with Gasteiger partial charge in [-0.15, -0.1) is 0 Å². The van der Waals surface area contributed by atoms with Crippen molar-refractivity contribution in [2.75, 3.05) is 0 Å². The van der Waals surface area contributed by atoms with Crippen LogP contribution in [0.1, 0.15) is 31.9 Å². The summed E-state index contributed by atoms with van der Waals surface area (Å²) in [6.07, 6.45) is 1.67. The Kier molecular flexibility index (Phi) is 6.12. The Labute approximate surface area is 174 Å². The molecule has 0 spiro atoms. The van der Waals surface area contributed by atoms with Crippen LogP contribution in [0.15, 0.2) is 65.3 Å². The zero-order chi connectivity index (χ0) is 21.8. The summed E-state index contributed by atoms with van der Waals surface area (Å²) in [4.78, 5) is 26.4. The summed E-state index contributed by atoms with van der Waals surface area (Å²) in [5.41, 5.74) is 2.26. The number of hydrogen-bond donors (Lipinski definition) is 0. The van der Waals surface area contributed by atoms with Crippen LogP contribution < -0.4 is 4.74 Å². The number of nitrogens with zero attached hydrogens (tertiary/aromatic N) is 2. The molecule has 2 amide bonds. The van der Waals surface area contributed by atoms with E-state index in [9.17, 15) is 19.2 Å². The van der Waals surface area contributed by atoms with Gasteiger partial charge in [-0.25, -0.2) is 4.39 Å². The summed E-state index contributed by atoms with van der Waals surface area (Å²) in [6, 6.07) is 14.7. The van der Waals surface area contributed by atoms with E-state index in [2.05, 4.69) is 0 Å². The van der Waals surface area contributed by atoms with E-state index < -0.39 is 11.8 Å². The molecule has 0 unspecified atom stereocenters. The molecule has 0 bridgehead atoms. The molecule has 0 N–H and O–H groups in total. The maximum Gasteiger partial charge on any atom is 0.271 e. The lowest BCUT2D eigenvalue weighted by Crippen LogP contribution is -2.46. The second-order valence-corrected chi connectivity index (χ2v) is 7.23. The third-order valence-corrected chi connectivity index (χ3v) is 4.80. The average molecular weight is 404 g/mol. The standard InChI is InChI=1S/C24H21FN2O3/c1-15(2)27-23(28)21(16(3)22(13-26)24(27)29)12-17-6-10-20(11-7-17)30-14-18-4-8-19(25)9-5-18/h4-12,15H,14H2,1-3H3/b21-12+. The van der Waals surface area contributed by atoms with Crippen LogP contribution in [0.2, 0.25) is 0 Å². The molecular weight excluding hydrogens is 383 g/mol. The van der Waals surface area contributed by atoms with Crippen LogP contribution in [-0.2, 0) is 16.2 Å². The largest absolute Gasteiger partial charge is 0.489 e. The fraction of sp³-hybridized carbons (Fsp3) is 0.208. The number of hydrogen-bond acceptors (Lipinski definition) is 4. The van der Waals surface area contributed by atoms with Gasteiger partial charge < -0.3 is 4.74 Å². The van der Waals surface area contributed by atoms with Crippen molar-refractivity contribution in [1.82, 2.24) is 4.90 Å². The monoisotopic (exact) mass is 404 g/mol. The fourth-order valence-corrected chi connectivity index (χ4v) is 3.14. The molecule has 0 fully saturated rings. The summed E-state index contributed by atoms with van der Waals surface area (Å²) >= 11 is 0. The van der Waals surface area contributed by atoms with Crippen LogP contribution in [0.25, 0.3) is 6.08 Å². The van der Waals surface area contributed by atoms with Crippen LogP contribution in [0.5, 0.6) is 5.75 Å². The van der Waals surface area contributed by atoms with Crippen molar-refractivity contribution >= 4 is 17.9 Å². The second-order valence-electron chi connectivity index (χ2n) is 7.23. The number of imide groups is 1. The van der Waals surface area contributed by atoms with Gasteiger partial charge in [-0.2, -0.15) is 5.26 Å². The number of ether oxygens (including phenoxy) is 1. The Morgan fingerprint density at radius 3 is 2.27 bits per heavy atom. The van der Waals surface area contributed by atoms with Gasteiger partial charge >= 0.3 is 0 Å². The molecule has 152 valence electrons. The first kappa shape index (κ1) is 21.0. The number of carbonyl (C=O) groups excluding carboxylic acids is 2. The quantitative estimate of drug-likeness (QED) is 0.547. The number of rotatable bonds is 5. The zero-order valence-corrected chi connectivity index (χ0v) is 17.0. The highest BCUT2D eigenvalue weighted by Crippen LogP contribution is 2.28. The van der Waals surface area contributed by atoms with E-state index in [0.717, 1.165) is 16.0 Å². The molecule has 5 nitrogen and oxygen atoms in total. The van der Waals surface area contributed by atoms with Crippen molar-refractivity contribution in [3.63, 3.8) is 0 Å². The van der Waals surface area contributed by atoms with E-state index in [-0.39, 0.29) is 17.4 Å². The van der Waals surface area contributed by atoms with Crippen molar-refractivity contribution in [3.8, 4) is 11.8 Å². The molecule has 1 heterocycles. The van der Waals surface area contributed by atoms with Gasteiger partial charge in [-0.1, -0.05) is 24.3 Å². The molecule has 2 aromatic carbocycles. The molecule has 6 heteroatoms. The minimum atomic E-state index is -0.559. The van der Waals surface area contributed by atoms with Gasteiger partial charge in [-0.05, 0) is 67.8 Å². The van der Waals surface area contributed by atoms with E-state index in [1.165, 1.54) is 12.1 Å². The normalized spacial score (nSPS) is 15.7. The molecule has 30 heavy (non-hydrogen) atoms. The van der Waals surface area contributed by atoms with Gasteiger partial charge in [0.15, 0.2) is 0 Å². The summed E-state index contributed by atoms with van der Waals surface area (Å²) in [6.45, 7) is 5.38. The summed E-state index contributed by atoms with van der Waals surface area (Å²) in [5, 5.41) is 9.37. The predicted octanol–water partition coefficient (Wildman–Crippen LogP) is 4.41. The summed E-state index contributed by atoms with van der Waals surface area (Å²) < 4.78 is 18.7. The third kappa shape index (κ3) is 4.31. The van der Waals surface area contributed by atoms with Gasteiger partial charge in [0.25, 0.3) is 11.8 Å². The van der Waals surface area contributed by atoms with Gasteiger partial charge in [-0.3, -0.25) is 14.5 Å². The van der Waals surface area contributed by atoms with Crippen LogP contribution in [0, 0.1) is 17.1 Å². The Morgan fingerprint density at radius 2 is 1.70 bits per heavy atom. The summed E-state index contributed by atoms with van der Waals surface area (Å²) in [5.74, 6) is -0.643. The Hall–Kier alpha value is -3.72. The van der Waals surface area contributed by atoms with Crippen LogP contribution in [-0.4, -0.2) is 22.8 Å². The Morgan fingerprint density at radius 1 is 1.07 bits per heavy atom. The Balaban J connectivity index is 1.82. The van der Waals surface area contributed by atoms with Crippen LogP contribution in [0.3, 0.4) is 0 Å². The van der Waals surface area contributed by atoms with Crippen molar-refractivity contribution < 1.29 is 18.7 Å². The van der Waals surface area contributed by atoms with Crippen molar-refractivity contribution in [2.24, 2.45) is 0 Å². The van der Waals surface area contributed by atoms with Gasteiger partial charge in [0.2, 0.25) is 0 Å². The zero-order valence-electron chi connectivity index (χ0n) is 17.0. The second kappa shape index (κ2) is 8.75. The van der Waals surface area contributed by atoms with E-state index in [1.54, 1.807) is 63.2 Å². The highest BCUT2D eigenvalue weighted by molar-refractivity contribution is 6.19. The fourth-order valence-electron chi connectivity index (χ4n) is 3.14. The maximum atomic E-state index is 13.0. The summed E-state index contributed by atoms with van der Waals surface area (Å²) in [7, 11) is 0. The smallest absolute Gasteiger partial charge is 0.271 e. The van der Waals surface area contributed by atoms with E-state index in [4.69, 9.17) is 4.74 Å². The van der Waals surface area contributed by atoms with Gasteiger partial charge in [0, 0.05) is 11.6 Å². The molecular formula is C24H21FN2O3. The van der Waals surface area contributed by atoms with Crippen molar-refractivity contribution in [2.45, 2.75) is 33.4 Å². The molecule has 1 aliphatic rings.